The molecule has 0 heterocycles. The number of aryl methyl sites for hydroxylation is 1. The van der Waals surface area contributed by atoms with E-state index in [4.69, 9.17) is 0 Å². The van der Waals surface area contributed by atoms with Gasteiger partial charge in [0.25, 0.3) is 0 Å². The first-order valence-corrected chi connectivity index (χ1v) is 9.48. The topological polar surface area (TPSA) is 78.4 Å². The molecule has 0 aliphatic rings. The van der Waals surface area contributed by atoms with Gasteiger partial charge in [0, 0.05) is 5.69 Å². The molecule has 2 amide bonds. The summed E-state index contributed by atoms with van der Waals surface area (Å²) in [6.07, 6.45) is 0.577. The van der Waals surface area contributed by atoms with Crippen LogP contribution in [0.1, 0.15) is 34.7 Å². The fourth-order valence-corrected chi connectivity index (χ4v) is 3.14. The predicted molar refractivity (Wildman–Crippen MR) is 114 cm³/mol. The molecule has 5 heteroatoms. The van der Waals surface area contributed by atoms with E-state index >= 15 is 0 Å². The second-order valence-corrected chi connectivity index (χ2v) is 7.02. The Morgan fingerprint density at radius 3 is 2.28 bits per heavy atom. The Bertz CT molecular complexity index is 969. The number of nitrogens with one attached hydrogen (secondary N) is 2. The molecule has 0 fully saturated rings. The Labute approximate surface area is 170 Å². The van der Waals surface area contributed by atoms with E-state index in [0.29, 0.717) is 5.69 Å². The van der Waals surface area contributed by atoms with E-state index in [2.05, 4.69) is 22.8 Å². The minimum Gasteiger partial charge on any atom is -0.481 e. The summed E-state index contributed by atoms with van der Waals surface area (Å²) in [6.45, 7) is 1.96. The molecule has 0 saturated carbocycles. The lowest BCUT2D eigenvalue weighted by Gasteiger charge is -2.18. The molecule has 3 rings (SSSR count). The van der Waals surface area contributed by atoms with Crippen LogP contribution in [0.2, 0.25) is 0 Å². The molecule has 0 saturated heterocycles. The maximum absolute atomic E-state index is 12.5. The molecule has 0 spiro atoms. The first-order chi connectivity index (χ1) is 14.0. The van der Waals surface area contributed by atoms with Crippen molar-refractivity contribution < 1.29 is 14.7 Å². The number of hydrogen-bond acceptors (Lipinski definition) is 2. The number of benzene rings is 3. The second-order valence-electron chi connectivity index (χ2n) is 7.02. The lowest BCUT2D eigenvalue weighted by molar-refractivity contribution is -0.137. The Hall–Kier alpha value is -3.60. The average molecular weight is 388 g/mol. The van der Waals surface area contributed by atoms with Crippen molar-refractivity contribution >= 4 is 17.7 Å². The van der Waals surface area contributed by atoms with E-state index in [-0.39, 0.29) is 6.42 Å². The van der Waals surface area contributed by atoms with E-state index in [0.717, 1.165) is 23.1 Å². The highest BCUT2D eigenvalue weighted by atomic mass is 16.4. The van der Waals surface area contributed by atoms with Gasteiger partial charge in [0.1, 0.15) is 0 Å². The van der Waals surface area contributed by atoms with Gasteiger partial charge in [-0.15, -0.1) is 0 Å². The molecule has 3 aromatic carbocycles. The van der Waals surface area contributed by atoms with Crippen LogP contribution in [0.4, 0.5) is 10.5 Å². The zero-order chi connectivity index (χ0) is 20.6. The van der Waals surface area contributed by atoms with Crippen LogP contribution in [0.3, 0.4) is 0 Å². The van der Waals surface area contributed by atoms with Gasteiger partial charge in [0.2, 0.25) is 0 Å². The molecular formula is C24H24N2O3. The average Bonchev–Trinajstić information content (AvgIpc) is 2.69. The number of aliphatic carboxylic acids is 1. The third kappa shape index (κ3) is 6.21. The summed E-state index contributed by atoms with van der Waals surface area (Å²) >= 11 is 0. The number of urea groups is 1. The number of carboxylic acids is 1. The largest absolute Gasteiger partial charge is 0.481 e. The SMILES string of the molecule is Cc1ccc([C@H](CC(=O)O)NC(=O)Nc2cccc(Cc3ccccc3)c2)cc1. The first-order valence-electron chi connectivity index (χ1n) is 9.48. The molecule has 0 aromatic heterocycles. The maximum Gasteiger partial charge on any atom is 0.319 e. The zero-order valence-electron chi connectivity index (χ0n) is 16.3. The number of amides is 2. The summed E-state index contributed by atoms with van der Waals surface area (Å²) in [5.74, 6) is -0.972. The number of carboxylic acid groups (broad SMARTS) is 1. The van der Waals surface area contributed by atoms with Crippen molar-refractivity contribution in [2.24, 2.45) is 0 Å². The van der Waals surface area contributed by atoms with Crippen LogP contribution >= 0.6 is 0 Å². The molecule has 29 heavy (non-hydrogen) atoms. The number of carbonyl (C=O) groups excluding carboxylic acids is 1. The van der Waals surface area contributed by atoms with Crippen molar-refractivity contribution in [2.75, 3.05) is 5.32 Å². The molecular weight excluding hydrogens is 364 g/mol. The van der Waals surface area contributed by atoms with Crippen molar-refractivity contribution in [3.8, 4) is 0 Å². The third-order valence-corrected chi connectivity index (χ3v) is 4.60. The molecule has 0 aliphatic carbocycles. The number of hydrogen-bond donors (Lipinski definition) is 3. The summed E-state index contributed by atoms with van der Waals surface area (Å²) in [7, 11) is 0. The fourth-order valence-electron chi connectivity index (χ4n) is 3.14. The van der Waals surface area contributed by atoms with Crippen LogP contribution in [0.25, 0.3) is 0 Å². The molecule has 0 aliphatic heterocycles. The van der Waals surface area contributed by atoms with E-state index < -0.39 is 18.0 Å². The highest BCUT2D eigenvalue weighted by molar-refractivity contribution is 5.90. The quantitative estimate of drug-likeness (QED) is 0.537. The van der Waals surface area contributed by atoms with E-state index in [1.54, 1.807) is 0 Å². The number of rotatable bonds is 7. The van der Waals surface area contributed by atoms with Gasteiger partial charge < -0.3 is 15.7 Å². The minimum atomic E-state index is -0.972. The van der Waals surface area contributed by atoms with E-state index in [1.807, 2.05) is 73.7 Å². The van der Waals surface area contributed by atoms with E-state index in [9.17, 15) is 14.7 Å². The summed E-state index contributed by atoms with van der Waals surface area (Å²) in [5, 5.41) is 14.8. The Balaban J connectivity index is 1.67. The highest BCUT2D eigenvalue weighted by Crippen LogP contribution is 2.19. The van der Waals surface area contributed by atoms with Gasteiger partial charge in [-0.3, -0.25) is 4.79 Å². The van der Waals surface area contributed by atoms with Crippen LogP contribution in [0, 0.1) is 6.92 Å². The zero-order valence-corrected chi connectivity index (χ0v) is 16.3. The lowest BCUT2D eigenvalue weighted by Crippen LogP contribution is -2.33. The Morgan fingerprint density at radius 1 is 0.897 bits per heavy atom. The lowest BCUT2D eigenvalue weighted by atomic mass is 10.0. The minimum absolute atomic E-state index is 0.190. The molecule has 0 bridgehead atoms. The summed E-state index contributed by atoms with van der Waals surface area (Å²) in [5.41, 5.74) is 4.76. The Kier molecular flexibility index (Phi) is 6.63. The van der Waals surface area contributed by atoms with Crippen LogP contribution in [0.15, 0.2) is 78.9 Å². The van der Waals surface area contributed by atoms with Crippen LogP contribution in [-0.2, 0) is 11.2 Å². The van der Waals surface area contributed by atoms with Crippen LogP contribution in [0.5, 0.6) is 0 Å². The van der Waals surface area contributed by atoms with Crippen molar-refractivity contribution in [2.45, 2.75) is 25.8 Å². The van der Waals surface area contributed by atoms with Crippen molar-refractivity contribution in [3.05, 3.63) is 101 Å². The molecule has 1 atom stereocenters. The van der Waals surface area contributed by atoms with Crippen LogP contribution < -0.4 is 10.6 Å². The number of anilines is 1. The van der Waals surface area contributed by atoms with Crippen molar-refractivity contribution in [1.29, 1.82) is 0 Å². The van der Waals surface area contributed by atoms with Crippen molar-refractivity contribution in [1.82, 2.24) is 5.32 Å². The highest BCUT2D eigenvalue weighted by Gasteiger charge is 2.18. The normalized spacial score (nSPS) is 11.5. The van der Waals surface area contributed by atoms with Crippen molar-refractivity contribution in [3.63, 3.8) is 0 Å². The molecule has 0 radical (unpaired) electrons. The predicted octanol–water partition coefficient (Wildman–Crippen LogP) is 4.92. The molecule has 3 aromatic rings. The second kappa shape index (κ2) is 9.55. The summed E-state index contributed by atoms with van der Waals surface area (Å²) in [4.78, 5) is 23.7. The van der Waals surface area contributed by atoms with E-state index in [1.165, 1.54) is 5.56 Å². The molecule has 5 nitrogen and oxygen atoms in total. The van der Waals surface area contributed by atoms with Gasteiger partial charge in [0.05, 0.1) is 12.5 Å². The number of carbonyl (C=O) groups is 2. The summed E-state index contributed by atoms with van der Waals surface area (Å²) < 4.78 is 0. The standard InChI is InChI=1S/C24H24N2O3/c1-17-10-12-20(13-11-17)22(16-23(27)28)26-24(29)25-21-9-5-8-19(15-21)14-18-6-3-2-4-7-18/h2-13,15,22H,14,16H2,1H3,(H,27,28)(H2,25,26,29)/t22-/m0/s1. The van der Waals surface area contributed by atoms with Gasteiger partial charge in [-0.1, -0.05) is 72.3 Å². The van der Waals surface area contributed by atoms with Gasteiger partial charge >= 0.3 is 12.0 Å². The van der Waals surface area contributed by atoms with Crippen LogP contribution in [-0.4, -0.2) is 17.1 Å². The van der Waals surface area contributed by atoms with Gasteiger partial charge in [-0.05, 0) is 42.2 Å². The Morgan fingerprint density at radius 2 is 1.59 bits per heavy atom. The van der Waals surface area contributed by atoms with Gasteiger partial charge in [-0.2, -0.15) is 0 Å². The molecule has 0 unspecified atom stereocenters. The van der Waals surface area contributed by atoms with Gasteiger partial charge in [0.15, 0.2) is 0 Å². The monoisotopic (exact) mass is 388 g/mol. The smallest absolute Gasteiger partial charge is 0.319 e. The third-order valence-electron chi connectivity index (χ3n) is 4.60. The molecule has 148 valence electrons. The van der Waals surface area contributed by atoms with Gasteiger partial charge in [-0.25, -0.2) is 4.79 Å². The first kappa shape index (κ1) is 20.1. The summed E-state index contributed by atoms with van der Waals surface area (Å²) in [6, 6.07) is 24.2. The fraction of sp³-hybridized carbons (Fsp3) is 0.167. The molecule has 3 N–H and O–H groups in total. The maximum atomic E-state index is 12.5.